The molecule has 0 fully saturated rings. The highest BCUT2D eigenvalue weighted by Gasteiger charge is 2.06. The second kappa shape index (κ2) is 4.60. The zero-order valence-corrected chi connectivity index (χ0v) is 7.21. The van der Waals surface area contributed by atoms with Gasteiger partial charge in [0.25, 0.3) is 0 Å². The summed E-state index contributed by atoms with van der Waals surface area (Å²) in [6.07, 6.45) is 1.32. The molecule has 1 aromatic carbocycles. The van der Waals surface area contributed by atoms with E-state index in [1.54, 1.807) is 6.07 Å². The molecule has 68 valence electrons. The molecule has 0 aromatic heterocycles. The van der Waals surface area contributed by atoms with Gasteiger partial charge in [0.2, 0.25) is 12.9 Å². The summed E-state index contributed by atoms with van der Waals surface area (Å²) in [6.45, 7) is -1.02. The summed E-state index contributed by atoms with van der Waals surface area (Å²) in [7, 11) is 0. The Kier molecular flexibility index (Phi) is 3.43. The zero-order valence-electron chi connectivity index (χ0n) is 6.46. The van der Waals surface area contributed by atoms with Crippen LogP contribution in [0.1, 0.15) is 0 Å². The average molecular weight is 202 g/mol. The number of hydrogen-bond donors (Lipinski definition) is 0. The molecule has 1 rings (SSSR count). The monoisotopic (exact) mass is 201 g/mol. The molecule has 1 aromatic rings. The predicted octanol–water partition coefficient (Wildman–Crippen LogP) is 2.61. The third-order valence-corrected chi connectivity index (χ3v) is 1.61. The Balaban J connectivity index is 3.16. The minimum atomic E-state index is -1.02. The Morgan fingerprint density at radius 2 is 2.38 bits per heavy atom. The molecular weight excluding hydrogens is 197 g/mol. The van der Waals surface area contributed by atoms with Crippen molar-refractivity contribution < 1.29 is 13.9 Å². The lowest BCUT2D eigenvalue weighted by molar-refractivity contribution is 0.192. The highest BCUT2D eigenvalue weighted by atomic mass is 35.5. The summed E-state index contributed by atoms with van der Waals surface area (Å²) in [6, 6.07) is 4.56. The molecule has 0 amide bonds. The summed E-state index contributed by atoms with van der Waals surface area (Å²) < 4.78 is 16.4. The van der Waals surface area contributed by atoms with Crippen LogP contribution in [0.4, 0.5) is 10.1 Å². The maximum atomic E-state index is 11.9. The van der Waals surface area contributed by atoms with Crippen molar-refractivity contribution in [3.63, 3.8) is 0 Å². The molecule has 0 spiro atoms. The van der Waals surface area contributed by atoms with E-state index in [1.165, 1.54) is 18.2 Å². The van der Waals surface area contributed by atoms with Crippen molar-refractivity contribution in [3.8, 4) is 5.75 Å². The predicted molar refractivity (Wildman–Crippen MR) is 45.8 cm³/mol. The number of aliphatic imine (C=N–C) groups is 1. The second-order valence-corrected chi connectivity index (χ2v) is 2.45. The first kappa shape index (κ1) is 9.71. The van der Waals surface area contributed by atoms with E-state index in [0.29, 0.717) is 0 Å². The Morgan fingerprint density at radius 1 is 1.62 bits per heavy atom. The molecule has 0 bridgehead atoms. The largest absolute Gasteiger partial charge is 0.459 e. The third-order valence-electron chi connectivity index (χ3n) is 1.31. The first-order valence-electron chi connectivity index (χ1n) is 3.34. The van der Waals surface area contributed by atoms with Gasteiger partial charge in [0.15, 0.2) is 5.75 Å². The minimum Gasteiger partial charge on any atom is -0.459 e. The Labute approximate surface area is 78.8 Å². The molecule has 0 saturated carbocycles. The molecule has 0 radical (unpaired) electrons. The standard InChI is InChI=1S/C8H5ClFNO2/c9-6-2-1-3-7(11-5-12)8(6)13-4-10/h1-3H,4H2. The quantitative estimate of drug-likeness (QED) is 0.557. The van der Waals surface area contributed by atoms with Gasteiger partial charge in [0.1, 0.15) is 5.69 Å². The van der Waals surface area contributed by atoms with Crippen LogP contribution in [-0.2, 0) is 4.79 Å². The molecule has 5 heteroatoms. The smallest absolute Gasteiger partial charge is 0.240 e. The average Bonchev–Trinajstić information content (AvgIpc) is 2.11. The van der Waals surface area contributed by atoms with Crippen molar-refractivity contribution in [2.45, 2.75) is 0 Å². The molecule has 0 N–H and O–H groups in total. The van der Waals surface area contributed by atoms with Gasteiger partial charge in [-0.1, -0.05) is 17.7 Å². The topological polar surface area (TPSA) is 38.7 Å². The lowest BCUT2D eigenvalue weighted by Gasteiger charge is -2.05. The van der Waals surface area contributed by atoms with Crippen molar-refractivity contribution in [1.82, 2.24) is 0 Å². The molecule has 13 heavy (non-hydrogen) atoms. The van der Waals surface area contributed by atoms with Crippen LogP contribution in [0.15, 0.2) is 23.2 Å². The Bertz CT molecular complexity index is 350. The lowest BCUT2D eigenvalue weighted by Crippen LogP contribution is -1.90. The molecule has 3 nitrogen and oxygen atoms in total. The summed E-state index contributed by atoms with van der Waals surface area (Å²) >= 11 is 5.66. The van der Waals surface area contributed by atoms with Gasteiger partial charge in [-0.15, -0.1) is 0 Å². The number of halogens is 2. The van der Waals surface area contributed by atoms with Crippen LogP contribution in [0.25, 0.3) is 0 Å². The number of carbonyl (C=O) groups excluding carboxylic acids is 1. The molecule has 0 aliphatic carbocycles. The minimum absolute atomic E-state index is 0.0509. The van der Waals surface area contributed by atoms with Crippen molar-refractivity contribution in [3.05, 3.63) is 23.2 Å². The van der Waals surface area contributed by atoms with Crippen molar-refractivity contribution in [1.29, 1.82) is 0 Å². The number of ether oxygens (including phenoxy) is 1. The fourth-order valence-corrected chi connectivity index (χ4v) is 1.06. The van der Waals surface area contributed by atoms with Crippen LogP contribution in [0.2, 0.25) is 5.02 Å². The third kappa shape index (κ3) is 2.28. The summed E-state index contributed by atoms with van der Waals surface area (Å²) in [5, 5.41) is 0.203. The van der Waals surface area contributed by atoms with Crippen molar-refractivity contribution >= 4 is 23.4 Å². The van der Waals surface area contributed by atoms with E-state index in [9.17, 15) is 9.18 Å². The van der Waals surface area contributed by atoms with Crippen LogP contribution < -0.4 is 4.74 Å². The molecule has 0 saturated heterocycles. The second-order valence-electron chi connectivity index (χ2n) is 2.04. The van der Waals surface area contributed by atoms with Crippen LogP contribution >= 0.6 is 11.6 Å². The van der Waals surface area contributed by atoms with E-state index in [4.69, 9.17) is 11.6 Å². The summed E-state index contributed by atoms with van der Waals surface area (Å²) in [5.74, 6) is 0.0509. The maximum absolute atomic E-state index is 11.9. The Hall–Kier alpha value is -1.38. The van der Waals surface area contributed by atoms with Crippen LogP contribution in [0.5, 0.6) is 5.75 Å². The van der Waals surface area contributed by atoms with Crippen molar-refractivity contribution in [2.24, 2.45) is 4.99 Å². The first-order valence-corrected chi connectivity index (χ1v) is 3.72. The van der Waals surface area contributed by atoms with Crippen molar-refractivity contribution in [2.75, 3.05) is 6.86 Å². The summed E-state index contributed by atoms with van der Waals surface area (Å²) in [4.78, 5) is 13.3. The van der Waals surface area contributed by atoms with E-state index in [0.717, 1.165) is 0 Å². The van der Waals surface area contributed by atoms with E-state index in [1.807, 2.05) is 0 Å². The van der Waals surface area contributed by atoms with Gasteiger partial charge < -0.3 is 4.74 Å². The van der Waals surface area contributed by atoms with Gasteiger partial charge in [0.05, 0.1) is 5.02 Å². The van der Waals surface area contributed by atoms with Crippen LogP contribution in [0.3, 0.4) is 0 Å². The highest BCUT2D eigenvalue weighted by molar-refractivity contribution is 6.32. The number of isocyanates is 1. The van der Waals surface area contributed by atoms with Crippen LogP contribution in [-0.4, -0.2) is 12.9 Å². The summed E-state index contributed by atoms with van der Waals surface area (Å²) in [5.41, 5.74) is 0.167. The van der Waals surface area contributed by atoms with Gasteiger partial charge in [-0.05, 0) is 12.1 Å². The van der Waals surface area contributed by atoms with Gasteiger partial charge >= 0.3 is 0 Å². The first-order chi connectivity index (χ1) is 6.29. The number of benzene rings is 1. The Morgan fingerprint density at radius 3 is 3.00 bits per heavy atom. The lowest BCUT2D eigenvalue weighted by atomic mass is 10.3. The van der Waals surface area contributed by atoms with E-state index in [2.05, 4.69) is 9.73 Å². The maximum Gasteiger partial charge on any atom is 0.240 e. The fourth-order valence-electron chi connectivity index (χ4n) is 0.832. The molecule has 0 aliphatic heterocycles. The molecule has 0 aliphatic rings. The number of rotatable bonds is 3. The molecule has 0 heterocycles. The fraction of sp³-hybridized carbons (Fsp3) is 0.125. The molecule has 0 unspecified atom stereocenters. The molecule has 0 atom stereocenters. The van der Waals surface area contributed by atoms with Gasteiger partial charge in [-0.3, -0.25) is 0 Å². The van der Waals surface area contributed by atoms with Crippen LogP contribution in [0, 0.1) is 0 Å². The molecular formula is C8H5ClFNO2. The van der Waals surface area contributed by atoms with Gasteiger partial charge in [-0.25, -0.2) is 9.18 Å². The van der Waals surface area contributed by atoms with Gasteiger partial charge in [0, 0.05) is 0 Å². The van der Waals surface area contributed by atoms with Gasteiger partial charge in [-0.2, -0.15) is 4.99 Å². The number of hydrogen-bond acceptors (Lipinski definition) is 3. The normalized spacial score (nSPS) is 9.08. The van der Waals surface area contributed by atoms with E-state index in [-0.39, 0.29) is 16.5 Å². The SMILES string of the molecule is O=C=Nc1cccc(Cl)c1OCF. The van der Waals surface area contributed by atoms with E-state index >= 15 is 0 Å². The number of alkyl halides is 1. The zero-order chi connectivity index (χ0) is 9.68. The number of nitrogens with zero attached hydrogens (tertiary/aromatic N) is 1. The highest BCUT2D eigenvalue weighted by Crippen LogP contribution is 2.34. The van der Waals surface area contributed by atoms with E-state index < -0.39 is 6.86 Å². The number of para-hydroxylation sites is 1.